The van der Waals surface area contributed by atoms with Crippen molar-refractivity contribution >= 4 is 11.7 Å². The van der Waals surface area contributed by atoms with E-state index in [1.165, 1.54) is 11.1 Å². The molecule has 1 spiro atoms. The van der Waals surface area contributed by atoms with Crippen molar-refractivity contribution in [1.82, 2.24) is 14.9 Å². The molecular formula is C22H26N4O2. The number of carbonyl (C=O) groups is 1. The van der Waals surface area contributed by atoms with E-state index in [1.54, 1.807) is 12.4 Å². The fourth-order valence-corrected chi connectivity index (χ4v) is 5.21. The van der Waals surface area contributed by atoms with Gasteiger partial charge in [0, 0.05) is 44.0 Å². The summed E-state index contributed by atoms with van der Waals surface area (Å²) in [5, 5.41) is 0. The van der Waals surface area contributed by atoms with Crippen LogP contribution in [0.1, 0.15) is 36.3 Å². The monoisotopic (exact) mass is 378 g/mol. The van der Waals surface area contributed by atoms with Crippen LogP contribution in [-0.4, -0.2) is 60.2 Å². The van der Waals surface area contributed by atoms with E-state index in [-0.39, 0.29) is 17.2 Å². The lowest BCUT2D eigenvalue weighted by molar-refractivity contribution is -0.137. The number of hydrogen-bond acceptors (Lipinski definition) is 5. The maximum Gasteiger partial charge on any atom is 0.230 e. The van der Waals surface area contributed by atoms with Gasteiger partial charge in [0.25, 0.3) is 0 Å². The molecule has 6 nitrogen and oxygen atoms in total. The minimum Gasteiger partial charge on any atom is -0.378 e. The molecule has 0 radical (unpaired) electrons. The fourth-order valence-electron chi connectivity index (χ4n) is 5.21. The second-order valence-corrected chi connectivity index (χ2v) is 8.11. The number of carbonyl (C=O) groups excluding carboxylic acids is 1. The first-order valence-electron chi connectivity index (χ1n) is 10.2. The molecule has 2 saturated heterocycles. The highest BCUT2D eigenvalue weighted by atomic mass is 16.5. The zero-order valence-electron chi connectivity index (χ0n) is 16.1. The Labute approximate surface area is 165 Å². The highest BCUT2D eigenvalue weighted by Crippen LogP contribution is 2.52. The van der Waals surface area contributed by atoms with E-state index in [1.807, 2.05) is 11.1 Å². The fraction of sp³-hybridized carbons (Fsp3) is 0.500. The summed E-state index contributed by atoms with van der Waals surface area (Å²) in [6, 6.07) is 8.62. The minimum atomic E-state index is -0.0163. The van der Waals surface area contributed by atoms with Gasteiger partial charge in [-0.2, -0.15) is 0 Å². The molecule has 1 aliphatic carbocycles. The maximum atomic E-state index is 13.3. The number of fused-ring (bicyclic) bond motifs is 2. The lowest BCUT2D eigenvalue weighted by atomic mass is 9.73. The van der Waals surface area contributed by atoms with Gasteiger partial charge in [0.15, 0.2) is 0 Å². The van der Waals surface area contributed by atoms with Crippen molar-refractivity contribution in [1.29, 1.82) is 0 Å². The van der Waals surface area contributed by atoms with Crippen LogP contribution in [0.5, 0.6) is 0 Å². The van der Waals surface area contributed by atoms with E-state index >= 15 is 0 Å². The van der Waals surface area contributed by atoms with Gasteiger partial charge in [-0.1, -0.05) is 24.3 Å². The molecule has 0 bridgehead atoms. The van der Waals surface area contributed by atoms with E-state index in [2.05, 4.69) is 39.1 Å². The van der Waals surface area contributed by atoms with E-state index in [0.29, 0.717) is 26.3 Å². The minimum absolute atomic E-state index is 0.0163. The highest BCUT2D eigenvalue weighted by molar-refractivity contribution is 5.86. The lowest BCUT2D eigenvalue weighted by Gasteiger charge is -2.41. The van der Waals surface area contributed by atoms with E-state index < -0.39 is 0 Å². The van der Waals surface area contributed by atoms with Crippen molar-refractivity contribution in [3.05, 3.63) is 54.0 Å². The molecular weight excluding hydrogens is 352 g/mol. The number of aromatic nitrogens is 2. The standard InChI is InChI=1S/C22H26N4O2/c27-21(26-11-13-28-14-12-26)18-15-22(19-4-2-1-3-17(18)19)5-9-25(10-6-22)20-16-23-7-8-24-20/h1-4,7-8,16,18H,5-6,9-15H2/t18-/m0/s1. The van der Waals surface area contributed by atoms with Crippen LogP contribution in [0.15, 0.2) is 42.9 Å². The number of ether oxygens (including phenoxy) is 1. The zero-order valence-corrected chi connectivity index (χ0v) is 16.1. The first kappa shape index (κ1) is 17.6. The van der Waals surface area contributed by atoms with E-state index in [0.717, 1.165) is 38.2 Å². The van der Waals surface area contributed by atoms with Crippen LogP contribution < -0.4 is 4.90 Å². The van der Waals surface area contributed by atoms with Gasteiger partial charge in [0.1, 0.15) is 5.82 Å². The molecule has 3 heterocycles. The maximum absolute atomic E-state index is 13.3. The molecule has 0 N–H and O–H groups in total. The molecule has 146 valence electrons. The first-order chi connectivity index (χ1) is 13.8. The van der Waals surface area contributed by atoms with Crippen LogP contribution in [-0.2, 0) is 14.9 Å². The molecule has 2 aromatic rings. The molecule has 0 unspecified atom stereocenters. The number of nitrogens with zero attached hydrogens (tertiary/aromatic N) is 4. The molecule has 3 aliphatic rings. The third kappa shape index (κ3) is 2.96. The summed E-state index contributed by atoms with van der Waals surface area (Å²) in [5.74, 6) is 1.21. The largest absolute Gasteiger partial charge is 0.378 e. The van der Waals surface area contributed by atoms with Crippen LogP contribution in [0, 0.1) is 0 Å². The Morgan fingerprint density at radius 2 is 1.86 bits per heavy atom. The average Bonchev–Trinajstić information content (AvgIpc) is 3.09. The number of piperidine rings is 1. The second-order valence-electron chi connectivity index (χ2n) is 8.11. The summed E-state index contributed by atoms with van der Waals surface area (Å²) in [7, 11) is 0. The van der Waals surface area contributed by atoms with Crippen molar-refractivity contribution in [2.75, 3.05) is 44.3 Å². The Morgan fingerprint density at radius 1 is 1.07 bits per heavy atom. The van der Waals surface area contributed by atoms with Gasteiger partial charge in [0.05, 0.1) is 25.3 Å². The molecule has 1 amide bonds. The highest BCUT2D eigenvalue weighted by Gasteiger charge is 2.48. The first-order valence-corrected chi connectivity index (χ1v) is 10.2. The number of hydrogen-bond donors (Lipinski definition) is 0. The van der Waals surface area contributed by atoms with Crippen LogP contribution in [0.25, 0.3) is 0 Å². The lowest BCUT2D eigenvalue weighted by Crippen LogP contribution is -2.44. The predicted octanol–water partition coefficient (Wildman–Crippen LogP) is 2.36. The summed E-state index contributed by atoms with van der Waals surface area (Å²) in [6.07, 6.45) is 8.33. The number of anilines is 1. The van der Waals surface area contributed by atoms with Crippen LogP contribution in [0.3, 0.4) is 0 Å². The van der Waals surface area contributed by atoms with Gasteiger partial charge < -0.3 is 14.5 Å². The third-order valence-corrected chi connectivity index (χ3v) is 6.72. The molecule has 1 atom stereocenters. The SMILES string of the molecule is O=C([C@H]1CC2(CCN(c3cnccn3)CC2)c2ccccc21)N1CCOCC1. The van der Waals surface area contributed by atoms with Crippen molar-refractivity contribution in [3.8, 4) is 0 Å². The quantitative estimate of drug-likeness (QED) is 0.803. The number of rotatable bonds is 2. The third-order valence-electron chi connectivity index (χ3n) is 6.72. The van der Waals surface area contributed by atoms with Gasteiger partial charge in [-0.15, -0.1) is 0 Å². The number of amides is 1. The Hall–Kier alpha value is -2.47. The molecule has 6 heteroatoms. The van der Waals surface area contributed by atoms with Gasteiger partial charge in [-0.25, -0.2) is 4.98 Å². The number of morpholine rings is 1. The molecule has 5 rings (SSSR count). The Morgan fingerprint density at radius 3 is 2.61 bits per heavy atom. The van der Waals surface area contributed by atoms with Crippen LogP contribution in [0.2, 0.25) is 0 Å². The van der Waals surface area contributed by atoms with Crippen LogP contribution >= 0.6 is 0 Å². The van der Waals surface area contributed by atoms with Crippen molar-refractivity contribution in [3.63, 3.8) is 0 Å². The Balaban J connectivity index is 1.38. The average molecular weight is 378 g/mol. The molecule has 2 aliphatic heterocycles. The zero-order chi connectivity index (χ0) is 19.0. The summed E-state index contributed by atoms with van der Waals surface area (Å²) >= 11 is 0. The van der Waals surface area contributed by atoms with Crippen molar-refractivity contribution < 1.29 is 9.53 Å². The van der Waals surface area contributed by atoms with Gasteiger partial charge in [-0.05, 0) is 30.4 Å². The molecule has 1 aromatic carbocycles. The number of benzene rings is 1. The van der Waals surface area contributed by atoms with E-state index in [4.69, 9.17) is 4.74 Å². The summed E-state index contributed by atoms with van der Waals surface area (Å²) < 4.78 is 5.44. The Kier molecular flexibility index (Phi) is 4.51. The Bertz CT molecular complexity index is 843. The van der Waals surface area contributed by atoms with E-state index in [9.17, 15) is 4.79 Å². The molecule has 28 heavy (non-hydrogen) atoms. The molecule has 2 fully saturated rings. The summed E-state index contributed by atoms with van der Waals surface area (Å²) in [6.45, 7) is 4.63. The molecule has 1 aromatic heterocycles. The van der Waals surface area contributed by atoms with Gasteiger partial charge in [-0.3, -0.25) is 9.78 Å². The van der Waals surface area contributed by atoms with Crippen molar-refractivity contribution in [2.24, 2.45) is 0 Å². The normalized spacial score (nSPS) is 23.6. The molecule has 0 saturated carbocycles. The van der Waals surface area contributed by atoms with Gasteiger partial charge >= 0.3 is 0 Å². The van der Waals surface area contributed by atoms with Crippen LogP contribution in [0.4, 0.5) is 5.82 Å². The predicted molar refractivity (Wildman–Crippen MR) is 106 cm³/mol. The summed E-state index contributed by atoms with van der Waals surface area (Å²) in [4.78, 5) is 26.3. The second kappa shape index (κ2) is 7.17. The smallest absolute Gasteiger partial charge is 0.230 e. The van der Waals surface area contributed by atoms with Gasteiger partial charge in [0.2, 0.25) is 5.91 Å². The summed E-state index contributed by atoms with van der Waals surface area (Å²) in [5.41, 5.74) is 2.73. The topological polar surface area (TPSA) is 58.6 Å². The van der Waals surface area contributed by atoms with Crippen molar-refractivity contribution in [2.45, 2.75) is 30.6 Å².